The number of carboxylic acid groups (broad SMARTS) is 1. The van der Waals surface area contributed by atoms with Crippen LogP contribution in [0, 0.1) is 0 Å². The highest BCUT2D eigenvalue weighted by Crippen LogP contribution is 2.19. The third-order valence-electron chi connectivity index (χ3n) is 3.59. The van der Waals surface area contributed by atoms with Crippen LogP contribution in [-0.2, 0) is 6.54 Å². The molecule has 0 saturated carbocycles. The molecule has 0 saturated heterocycles. The molecule has 0 spiro atoms. The molecule has 0 atom stereocenters. The van der Waals surface area contributed by atoms with Gasteiger partial charge >= 0.3 is 5.97 Å². The van der Waals surface area contributed by atoms with Gasteiger partial charge in [0.15, 0.2) is 5.69 Å². The van der Waals surface area contributed by atoms with Crippen molar-refractivity contribution in [3.05, 3.63) is 90.0 Å². The normalized spacial score (nSPS) is 10.2. The second-order valence-electron chi connectivity index (χ2n) is 5.30. The van der Waals surface area contributed by atoms with Crippen molar-refractivity contribution in [1.29, 1.82) is 0 Å². The summed E-state index contributed by atoms with van der Waals surface area (Å²) in [6, 6.07) is 18.8. The number of carbonyl (C=O) groups excluding carboxylic acids is 1. The van der Waals surface area contributed by atoms with Gasteiger partial charge in [0.05, 0.1) is 18.9 Å². The van der Waals surface area contributed by atoms with Crippen LogP contribution in [0.3, 0.4) is 0 Å². The first-order chi connectivity index (χ1) is 12.1. The average molecular weight is 333 g/mol. The van der Waals surface area contributed by atoms with Gasteiger partial charge < -0.3 is 10.0 Å². The van der Waals surface area contributed by atoms with Crippen LogP contribution in [-0.4, -0.2) is 27.0 Å². The van der Waals surface area contributed by atoms with E-state index in [9.17, 15) is 9.59 Å². The lowest BCUT2D eigenvalue weighted by molar-refractivity contribution is 0.0689. The summed E-state index contributed by atoms with van der Waals surface area (Å²) in [6.45, 7) is 0.367. The average Bonchev–Trinajstić information content (AvgIpc) is 2.67. The third kappa shape index (κ3) is 3.87. The van der Waals surface area contributed by atoms with E-state index in [1.807, 2.05) is 60.7 Å². The molecule has 3 aromatic rings. The minimum Gasteiger partial charge on any atom is -0.476 e. The van der Waals surface area contributed by atoms with Crippen molar-refractivity contribution in [2.24, 2.45) is 0 Å². The predicted octanol–water partition coefficient (Wildman–Crippen LogP) is 3.02. The summed E-state index contributed by atoms with van der Waals surface area (Å²) in [4.78, 5) is 33.1. The number of hydrogen-bond donors (Lipinski definition) is 1. The van der Waals surface area contributed by atoms with E-state index in [0.717, 1.165) is 17.4 Å². The van der Waals surface area contributed by atoms with Gasteiger partial charge in [-0.25, -0.2) is 14.8 Å². The molecule has 0 bridgehead atoms. The quantitative estimate of drug-likeness (QED) is 0.776. The zero-order valence-electron chi connectivity index (χ0n) is 13.2. The molecule has 3 rings (SSSR count). The van der Waals surface area contributed by atoms with Crippen molar-refractivity contribution in [3.63, 3.8) is 0 Å². The molecule has 6 heteroatoms. The number of para-hydroxylation sites is 1. The Morgan fingerprint density at radius 3 is 1.96 bits per heavy atom. The Morgan fingerprint density at radius 2 is 1.40 bits per heavy atom. The maximum atomic E-state index is 12.9. The number of carboxylic acids is 1. The third-order valence-corrected chi connectivity index (χ3v) is 3.59. The minimum absolute atomic E-state index is 0.0878. The van der Waals surface area contributed by atoms with Crippen LogP contribution in [0.4, 0.5) is 5.69 Å². The molecule has 0 radical (unpaired) electrons. The highest BCUT2D eigenvalue weighted by atomic mass is 16.4. The van der Waals surface area contributed by atoms with Crippen LogP contribution in [0.15, 0.2) is 73.1 Å². The van der Waals surface area contributed by atoms with Crippen LogP contribution < -0.4 is 4.90 Å². The van der Waals surface area contributed by atoms with E-state index in [1.54, 1.807) is 4.90 Å². The van der Waals surface area contributed by atoms with Crippen molar-refractivity contribution < 1.29 is 14.7 Å². The van der Waals surface area contributed by atoms with Gasteiger partial charge in [0.25, 0.3) is 5.91 Å². The van der Waals surface area contributed by atoms with E-state index in [2.05, 4.69) is 9.97 Å². The maximum Gasteiger partial charge on any atom is 0.356 e. The van der Waals surface area contributed by atoms with Gasteiger partial charge in [-0.05, 0) is 17.7 Å². The number of rotatable bonds is 5. The smallest absolute Gasteiger partial charge is 0.356 e. The lowest BCUT2D eigenvalue weighted by Gasteiger charge is -2.22. The Bertz CT molecular complexity index is 865. The summed E-state index contributed by atoms with van der Waals surface area (Å²) in [7, 11) is 0. The summed E-state index contributed by atoms with van der Waals surface area (Å²) < 4.78 is 0. The molecule has 25 heavy (non-hydrogen) atoms. The van der Waals surface area contributed by atoms with Crippen molar-refractivity contribution in [1.82, 2.24) is 9.97 Å². The van der Waals surface area contributed by atoms with Gasteiger partial charge in [-0.1, -0.05) is 48.5 Å². The Morgan fingerprint density at radius 1 is 0.840 bits per heavy atom. The Kier molecular flexibility index (Phi) is 4.80. The van der Waals surface area contributed by atoms with Gasteiger partial charge in [0, 0.05) is 5.69 Å². The molecule has 1 aromatic heterocycles. The van der Waals surface area contributed by atoms with Crippen molar-refractivity contribution in [2.45, 2.75) is 6.54 Å². The number of hydrogen-bond acceptors (Lipinski definition) is 4. The molecule has 1 heterocycles. The van der Waals surface area contributed by atoms with Gasteiger partial charge in [-0.15, -0.1) is 0 Å². The number of nitrogens with zero attached hydrogens (tertiary/aromatic N) is 3. The molecular weight excluding hydrogens is 318 g/mol. The maximum absolute atomic E-state index is 12.9. The first-order valence-corrected chi connectivity index (χ1v) is 7.61. The summed E-state index contributed by atoms with van der Waals surface area (Å²) in [5.41, 5.74) is 1.57. The minimum atomic E-state index is -1.18. The van der Waals surface area contributed by atoms with E-state index in [0.29, 0.717) is 6.54 Å². The van der Waals surface area contributed by atoms with Crippen LogP contribution >= 0.6 is 0 Å². The standard InChI is InChI=1S/C19H15N3O3/c23-18(16-11-21-17(12-20-16)19(24)25)22(15-9-5-2-6-10-15)13-14-7-3-1-4-8-14/h1-12H,13H2,(H,24,25). The topological polar surface area (TPSA) is 83.4 Å². The SMILES string of the molecule is O=C(O)c1cnc(C(=O)N(Cc2ccccc2)c2ccccc2)cn1. The zero-order valence-corrected chi connectivity index (χ0v) is 13.2. The van der Waals surface area contributed by atoms with Gasteiger partial charge in [-0.2, -0.15) is 0 Å². The molecule has 0 aliphatic carbocycles. The molecule has 0 aliphatic heterocycles. The van der Waals surface area contributed by atoms with Gasteiger partial charge in [0.1, 0.15) is 5.69 Å². The second kappa shape index (κ2) is 7.35. The number of aromatic carboxylic acids is 1. The van der Waals surface area contributed by atoms with Gasteiger partial charge in [0.2, 0.25) is 0 Å². The van der Waals surface area contributed by atoms with Crippen molar-refractivity contribution in [2.75, 3.05) is 4.90 Å². The molecule has 0 aliphatic rings. The summed E-state index contributed by atoms with van der Waals surface area (Å²) in [5, 5.41) is 8.90. The molecule has 0 fully saturated rings. The van der Waals surface area contributed by atoms with E-state index < -0.39 is 5.97 Å². The van der Waals surface area contributed by atoms with E-state index in [1.165, 1.54) is 6.20 Å². The lowest BCUT2D eigenvalue weighted by atomic mass is 10.2. The Balaban J connectivity index is 1.93. The monoisotopic (exact) mass is 333 g/mol. The highest BCUT2D eigenvalue weighted by molar-refractivity contribution is 6.04. The van der Waals surface area contributed by atoms with Crippen molar-refractivity contribution in [3.8, 4) is 0 Å². The molecule has 6 nitrogen and oxygen atoms in total. The number of anilines is 1. The Labute approximate surface area is 144 Å². The molecule has 0 unspecified atom stereocenters. The zero-order chi connectivity index (χ0) is 17.6. The fourth-order valence-electron chi connectivity index (χ4n) is 2.34. The largest absolute Gasteiger partial charge is 0.476 e. The molecule has 2 aromatic carbocycles. The molecule has 124 valence electrons. The summed E-state index contributed by atoms with van der Waals surface area (Å²) in [5.74, 6) is -1.53. The van der Waals surface area contributed by atoms with Gasteiger partial charge in [-0.3, -0.25) is 4.79 Å². The van der Waals surface area contributed by atoms with Crippen LogP contribution in [0.25, 0.3) is 0 Å². The molecule has 1 amide bonds. The number of amides is 1. The summed E-state index contributed by atoms with van der Waals surface area (Å²) in [6.07, 6.45) is 2.27. The fourth-order valence-corrected chi connectivity index (χ4v) is 2.34. The lowest BCUT2D eigenvalue weighted by Crippen LogP contribution is -2.31. The van der Waals surface area contributed by atoms with E-state index >= 15 is 0 Å². The van der Waals surface area contributed by atoms with E-state index in [4.69, 9.17) is 5.11 Å². The van der Waals surface area contributed by atoms with Crippen molar-refractivity contribution >= 4 is 17.6 Å². The summed E-state index contributed by atoms with van der Waals surface area (Å²) >= 11 is 0. The highest BCUT2D eigenvalue weighted by Gasteiger charge is 2.20. The predicted molar refractivity (Wildman–Crippen MR) is 92.4 cm³/mol. The molecular formula is C19H15N3O3. The fraction of sp³-hybridized carbons (Fsp3) is 0.0526. The number of aromatic nitrogens is 2. The number of benzene rings is 2. The van der Waals surface area contributed by atoms with Crippen LogP contribution in [0.5, 0.6) is 0 Å². The molecule has 1 N–H and O–H groups in total. The Hall–Kier alpha value is -3.54. The second-order valence-corrected chi connectivity index (χ2v) is 5.30. The number of carbonyl (C=O) groups is 2. The first kappa shape index (κ1) is 16.3. The van der Waals surface area contributed by atoms with E-state index in [-0.39, 0.29) is 17.3 Å². The van der Waals surface area contributed by atoms with Crippen LogP contribution in [0.2, 0.25) is 0 Å². The van der Waals surface area contributed by atoms with Crippen LogP contribution in [0.1, 0.15) is 26.5 Å². The first-order valence-electron chi connectivity index (χ1n) is 7.61.